The van der Waals surface area contributed by atoms with E-state index in [1.165, 1.54) is 11.8 Å². The van der Waals surface area contributed by atoms with Crippen LogP contribution >= 0.6 is 11.8 Å². The van der Waals surface area contributed by atoms with Gasteiger partial charge in [-0.25, -0.2) is 0 Å². The minimum absolute atomic E-state index is 0.0986. The number of ether oxygens (including phenoxy) is 1. The molecule has 1 aliphatic heterocycles. The molecule has 0 aliphatic carbocycles. The monoisotopic (exact) mass is 413 g/mol. The summed E-state index contributed by atoms with van der Waals surface area (Å²) >= 11 is 1.48. The van der Waals surface area contributed by atoms with Crippen molar-refractivity contribution in [1.82, 2.24) is 5.32 Å². The fourth-order valence-electron chi connectivity index (χ4n) is 3.25. The maximum absolute atomic E-state index is 12.7. The third-order valence-electron chi connectivity index (χ3n) is 4.68. The highest BCUT2D eigenvalue weighted by molar-refractivity contribution is 8.00. The van der Waals surface area contributed by atoms with Crippen molar-refractivity contribution in [2.75, 3.05) is 49.3 Å². The first-order valence-corrected chi connectivity index (χ1v) is 10.8. The maximum Gasteiger partial charge on any atom is 0.253 e. The van der Waals surface area contributed by atoms with Gasteiger partial charge in [0.25, 0.3) is 5.91 Å². The van der Waals surface area contributed by atoms with E-state index in [0.29, 0.717) is 30.2 Å². The van der Waals surface area contributed by atoms with Gasteiger partial charge in [-0.15, -0.1) is 11.8 Å². The SMILES string of the molecule is COCCNC(=O)c1cc(NC(=O)CSc2ccccc2)ccc1N1CCCC1. The lowest BCUT2D eigenvalue weighted by Gasteiger charge is -2.22. The van der Waals surface area contributed by atoms with Crippen LogP contribution in [0.1, 0.15) is 23.2 Å². The molecule has 0 aromatic heterocycles. The van der Waals surface area contributed by atoms with Gasteiger partial charge < -0.3 is 20.3 Å². The van der Waals surface area contributed by atoms with Crippen molar-refractivity contribution in [1.29, 1.82) is 0 Å². The van der Waals surface area contributed by atoms with Crippen molar-refractivity contribution in [3.05, 3.63) is 54.1 Å². The van der Waals surface area contributed by atoms with Gasteiger partial charge in [-0.1, -0.05) is 18.2 Å². The number of amides is 2. The van der Waals surface area contributed by atoms with Crippen LogP contribution in [0, 0.1) is 0 Å². The number of carbonyl (C=O) groups is 2. The highest BCUT2D eigenvalue weighted by Gasteiger charge is 2.20. The smallest absolute Gasteiger partial charge is 0.253 e. The summed E-state index contributed by atoms with van der Waals surface area (Å²) in [4.78, 5) is 28.4. The number of hydrogen-bond donors (Lipinski definition) is 2. The Balaban J connectivity index is 1.68. The predicted molar refractivity (Wildman–Crippen MR) is 118 cm³/mol. The highest BCUT2D eigenvalue weighted by atomic mass is 32.2. The summed E-state index contributed by atoms with van der Waals surface area (Å²) in [5.74, 6) is 0.0602. The van der Waals surface area contributed by atoms with Gasteiger partial charge in [-0.05, 0) is 43.2 Å². The topological polar surface area (TPSA) is 70.7 Å². The number of nitrogens with zero attached hydrogens (tertiary/aromatic N) is 1. The molecule has 2 aromatic carbocycles. The van der Waals surface area contributed by atoms with E-state index in [1.807, 2.05) is 42.5 Å². The number of nitrogens with one attached hydrogen (secondary N) is 2. The number of benzene rings is 2. The molecule has 2 amide bonds. The lowest BCUT2D eigenvalue weighted by molar-refractivity contribution is -0.113. The Hall–Kier alpha value is -2.51. The van der Waals surface area contributed by atoms with Crippen LogP contribution in [-0.2, 0) is 9.53 Å². The van der Waals surface area contributed by atoms with Gasteiger partial charge in [0.2, 0.25) is 5.91 Å². The van der Waals surface area contributed by atoms with Crippen molar-refractivity contribution in [3.8, 4) is 0 Å². The first-order chi connectivity index (χ1) is 14.2. The molecule has 0 bridgehead atoms. The largest absolute Gasteiger partial charge is 0.383 e. The zero-order valence-electron chi connectivity index (χ0n) is 16.6. The second kappa shape index (κ2) is 10.9. The Kier molecular flexibility index (Phi) is 7.95. The summed E-state index contributed by atoms with van der Waals surface area (Å²) in [6, 6.07) is 15.4. The Morgan fingerprint density at radius 3 is 2.59 bits per heavy atom. The second-order valence-corrected chi connectivity index (χ2v) is 7.87. The van der Waals surface area contributed by atoms with Crippen LogP contribution in [-0.4, -0.2) is 50.9 Å². The highest BCUT2D eigenvalue weighted by Crippen LogP contribution is 2.28. The molecule has 0 saturated carbocycles. The van der Waals surface area contributed by atoms with E-state index in [1.54, 1.807) is 13.2 Å². The molecule has 154 valence electrons. The van der Waals surface area contributed by atoms with Crippen LogP contribution in [0.15, 0.2) is 53.4 Å². The Morgan fingerprint density at radius 1 is 1.10 bits per heavy atom. The summed E-state index contributed by atoms with van der Waals surface area (Å²) in [7, 11) is 1.60. The lowest BCUT2D eigenvalue weighted by atomic mass is 10.1. The average Bonchev–Trinajstić information content (AvgIpc) is 3.28. The molecule has 2 aromatic rings. The minimum Gasteiger partial charge on any atom is -0.383 e. The molecule has 0 spiro atoms. The zero-order valence-corrected chi connectivity index (χ0v) is 17.5. The molecule has 0 unspecified atom stereocenters. The van der Waals surface area contributed by atoms with Crippen LogP contribution in [0.25, 0.3) is 0 Å². The molecule has 7 heteroatoms. The Morgan fingerprint density at radius 2 is 1.86 bits per heavy atom. The van der Waals surface area contributed by atoms with Gasteiger partial charge in [0.1, 0.15) is 0 Å². The summed E-state index contributed by atoms with van der Waals surface area (Å²) in [5, 5.41) is 5.79. The van der Waals surface area contributed by atoms with E-state index >= 15 is 0 Å². The average molecular weight is 414 g/mol. The normalized spacial score (nSPS) is 13.3. The van der Waals surface area contributed by atoms with Crippen molar-refractivity contribution >= 4 is 35.0 Å². The second-order valence-electron chi connectivity index (χ2n) is 6.82. The Labute approximate surface area is 176 Å². The number of anilines is 2. The molecule has 6 nitrogen and oxygen atoms in total. The molecule has 1 fully saturated rings. The van der Waals surface area contributed by atoms with Crippen LogP contribution in [0.4, 0.5) is 11.4 Å². The van der Waals surface area contributed by atoms with Crippen molar-refractivity contribution in [3.63, 3.8) is 0 Å². The number of rotatable bonds is 9. The van der Waals surface area contributed by atoms with Gasteiger partial charge >= 0.3 is 0 Å². The Bertz CT molecular complexity index is 823. The van der Waals surface area contributed by atoms with E-state index in [2.05, 4.69) is 15.5 Å². The molecular weight excluding hydrogens is 386 g/mol. The lowest BCUT2D eigenvalue weighted by Crippen LogP contribution is -2.30. The van der Waals surface area contributed by atoms with Gasteiger partial charge in [0.05, 0.1) is 17.9 Å². The molecular formula is C22H27N3O3S. The number of methoxy groups -OCH3 is 1. The quantitative estimate of drug-likeness (QED) is 0.487. The predicted octanol–water partition coefficient (Wildman–Crippen LogP) is 3.39. The third kappa shape index (κ3) is 6.24. The first-order valence-electron chi connectivity index (χ1n) is 9.81. The summed E-state index contributed by atoms with van der Waals surface area (Å²) < 4.78 is 5.01. The molecule has 0 atom stereocenters. The number of thioether (sulfide) groups is 1. The third-order valence-corrected chi connectivity index (χ3v) is 5.69. The molecule has 29 heavy (non-hydrogen) atoms. The maximum atomic E-state index is 12.7. The van der Waals surface area contributed by atoms with E-state index in [-0.39, 0.29) is 11.8 Å². The molecule has 0 radical (unpaired) electrons. The minimum atomic E-state index is -0.154. The number of hydrogen-bond acceptors (Lipinski definition) is 5. The van der Waals surface area contributed by atoms with Gasteiger partial charge in [-0.3, -0.25) is 9.59 Å². The molecule has 3 rings (SSSR count). The van der Waals surface area contributed by atoms with Crippen LogP contribution in [0.5, 0.6) is 0 Å². The molecule has 2 N–H and O–H groups in total. The molecule has 1 saturated heterocycles. The van der Waals surface area contributed by atoms with E-state index < -0.39 is 0 Å². The van der Waals surface area contributed by atoms with E-state index in [0.717, 1.165) is 36.5 Å². The molecule has 1 heterocycles. The van der Waals surface area contributed by atoms with Crippen LogP contribution in [0.2, 0.25) is 0 Å². The van der Waals surface area contributed by atoms with Gasteiger partial charge in [0, 0.05) is 43.0 Å². The van der Waals surface area contributed by atoms with Crippen molar-refractivity contribution in [2.24, 2.45) is 0 Å². The van der Waals surface area contributed by atoms with Crippen LogP contribution in [0.3, 0.4) is 0 Å². The van der Waals surface area contributed by atoms with Gasteiger partial charge in [0.15, 0.2) is 0 Å². The zero-order chi connectivity index (χ0) is 20.5. The first kappa shape index (κ1) is 21.2. The van der Waals surface area contributed by atoms with Crippen LogP contribution < -0.4 is 15.5 Å². The van der Waals surface area contributed by atoms with E-state index in [9.17, 15) is 9.59 Å². The fourth-order valence-corrected chi connectivity index (χ4v) is 3.97. The summed E-state index contributed by atoms with van der Waals surface area (Å²) in [6.07, 6.45) is 2.25. The van der Waals surface area contributed by atoms with Gasteiger partial charge in [-0.2, -0.15) is 0 Å². The van der Waals surface area contributed by atoms with E-state index in [4.69, 9.17) is 4.74 Å². The molecule has 1 aliphatic rings. The summed E-state index contributed by atoms with van der Waals surface area (Å²) in [5.41, 5.74) is 2.12. The van der Waals surface area contributed by atoms with Crippen molar-refractivity contribution < 1.29 is 14.3 Å². The standard InChI is InChI=1S/C22H27N3O3S/c1-28-14-11-23-22(27)19-15-17(9-10-20(19)25-12-5-6-13-25)24-21(26)16-29-18-7-3-2-4-8-18/h2-4,7-10,15H,5-6,11-14,16H2,1H3,(H,23,27)(H,24,26). The number of carbonyl (C=O) groups excluding carboxylic acids is 2. The fraction of sp³-hybridized carbons (Fsp3) is 0.364. The summed E-state index contributed by atoms with van der Waals surface area (Å²) in [6.45, 7) is 2.78. The van der Waals surface area contributed by atoms with Crippen molar-refractivity contribution in [2.45, 2.75) is 17.7 Å².